The minimum absolute atomic E-state index is 0.00235. The van der Waals surface area contributed by atoms with Gasteiger partial charge in [-0.1, -0.05) is 29.8 Å². The molecule has 0 aliphatic carbocycles. The minimum atomic E-state index is -0.312. The lowest BCUT2D eigenvalue weighted by molar-refractivity contribution is -0.126. The summed E-state index contributed by atoms with van der Waals surface area (Å²) < 4.78 is 5.12. The number of aryl methyl sites for hydroxylation is 1. The molecule has 1 atom stereocenters. The number of rotatable bonds is 8. The maximum Gasteiger partial charge on any atom is 0.242 e. The summed E-state index contributed by atoms with van der Waals surface area (Å²) in [4.78, 5) is 14.1. The van der Waals surface area contributed by atoms with Crippen LogP contribution in [0.1, 0.15) is 17.2 Å². The summed E-state index contributed by atoms with van der Waals surface area (Å²) in [5, 5.41) is 11.4. The van der Waals surface area contributed by atoms with E-state index in [0.717, 1.165) is 5.56 Å². The zero-order valence-corrected chi connectivity index (χ0v) is 12.4. The van der Waals surface area contributed by atoms with E-state index in [4.69, 9.17) is 9.84 Å². The maximum absolute atomic E-state index is 12.2. The van der Waals surface area contributed by atoms with E-state index in [-0.39, 0.29) is 18.6 Å². The van der Waals surface area contributed by atoms with Crippen molar-refractivity contribution in [1.29, 1.82) is 0 Å². The fourth-order valence-corrected chi connectivity index (χ4v) is 1.94. The molecular formula is C15H24N2O3. The Bertz CT molecular complexity index is 404. The SMILES string of the molecule is Cc1ccc(C(C(=O)NCCOCCO)N(C)C)cc1. The fourth-order valence-electron chi connectivity index (χ4n) is 1.94. The van der Waals surface area contributed by atoms with Gasteiger partial charge in [-0.15, -0.1) is 0 Å². The molecule has 20 heavy (non-hydrogen) atoms. The Morgan fingerprint density at radius 2 is 1.95 bits per heavy atom. The Hall–Kier alpha value is -1.43. The van der Waals surface area contributed by atoms with Gasteiger partial charge in [0.1, 0.15) is 6.04 Å². The van der Waals surface area contributed by atoms with Crippen LogP contribution in [-0.2, 0) is 9.53 Å². The number of likely N-dealkylation sites (N-methyl/N-ethyl adjacent to an activating group) is 1. The van der Waals surface area contributed by atoms with Crippen molar-refractivity contribution in [3.8, 4) is 0 Å². The van der Waals surface area contributed by atoms with E-state index in [2.05, 4.69) is 5.32 Å². The molecule has 0 saturated carbocycles. The molecule has 112 valence electrons. The third kappa shape index (κ3) is 5.28. The van der Waals surface area contributed by atoms with Gasteiger partial charge in [-0.05, 0) is 26.6 Å². The maximum atomic E-state index is 12.2. The predicted molar refractivity (Wildman–Crippen MR) is 78.5 cm³/mol. The van der Waals surface area contributed by atoms with Crippen LogP contribution in [0, 0.1) is 6.92 Å². The summed E-state index contributed by atoms with van der Waals surface area (Å²) in [5.41, 5.74) is 2.14. The number of amides is 1. The standard InChI is InChI=1S/C15H24N2O3/c1-12-4-6-13(7-5-12)14(17(2)3)15(19)16-8-10-20-11-9-18/h4-7,14,18H,8-11H2,1-3H3,(H,16,19). The van der Waals surface area contributed by atoms with E-state index >= 15 is 0 Å². The molecule has 0 heterocycles. The van der Waals surface area contributed by atoms with E-state index in [1.54, 1.807) is 0 Å². The van der Waals surface area contributed by atoms with E-state index in [1.165, 1.54) is 5.56 Å². The Morgan fingerprint density at radius 3 is 2.50 bits per heavy atom. The molecule has 0 aromatic heterocycles. The van der Waals surface area contributed by atoms with Crippen molar-refractivity contribution in [2.45, 2.75) is 13.0 Å². The zero-order chi connectivity index (χ0) is 15.0. The van der Waals surface area contributed by atoms with Gasteiger partial charge in [-0.25, -0.2) is 0 Å². The largest absolute Gasteiger partial charge is 0.394 e. The van der Waals surface area contributed by atoms with Crippen LogP contribution in [0.2, 0.25) is 0 Å². The van der Waals surface area contributed by atoms with Crippen molar-refractivity contribution in [3.63, 3.8) is 0 Å². The van der Waals surface area contributed by atoms with Gasteiger partial charge in [0.25, 0.3) is 0 Å². The molecule has 0 fully saturated rings. The van der Waals surface area contributed by atoms with Crippen LogP contribution < -0.4 is 5.32 Å². The van der Waals surface area contributed by atoms with E-state index in [0.29, 0.717) is 19.8 Å². The molecule has 0 saturated heterocycles. The third-order valence-electron chi connectivity index (χ3n) is 2.94. The topological polar surface area (TPSA) is 61.8 Å². The first-order valence-corrected chi connectivity index (χ1v) is 6.75. The summed E-state index contributed by atoms with van der Waals surface area (Å²) in [7, 11) is 3.76. The second-order valence-electron chi connectivity index (χ2n) is 4.90. The smallest absolute Gasteiger partial charge is 0.242 e. The van der Waals surface area contributed by atoms with Gasteiger partial charge in [-0.2, -0.15) is 0 Å². The normalized spacial score (nSPS) is 12.4. The average molecular weight is 280 g/mol. The molecule has 5 heteroatoms. The quantitative estimate of drug-likeness (QED) is 0.689. The van der Waals surface area contributed by atoms with E-state index < -0.39 is 0 Å². The molecular weight excluding hydrogens is 256 g/mol. The van der Waals surface area contributed by atoms with Gasteiger partial charge < -0.3 is 15.2 Å². The van der Waals surface area contributed by atoms with Crippen molar-refractivity contribution in [3.05, 3.63) is 35.4 Å². The van der Waals surface area contributed by atoms with Crippen LogP contribution in [0.25, 0.3) is 0 Å². The number of nitrogens with zero attached hydrogens (tertiary/aromatic N) is 1. The van der Waals surface area contributed by atoms with Gasteiger partial charge in [-0.3, -0.25) is 9.69 Å². The number of benzene rings is 1. The highest BCUT2D eigenvalue weighted by atomic mass is 16.5. The van der Waals surface area contributed by atoms with Gasteiger partial charge in [0.2, 0.25) is 5.91 Å². The monoisotopic (exact) mass is 280 g/mol. The van der Waals surface area contributed by atoms with Gasteiger partial charge in [0, 0.05) is 6.54 Å². The number of carbonyl (C=O) groups excluding carboxylic acids is 1. The fraction of sp³-hybridized carbons (Fsp3) is 0.533. The summed E-state index contributed by atoms with van der Waals surface area (Å²) in [6.07, 6.45) is 0. The first-order chi connectivity index (χ1) is 9.56. The molecule has 0 bridgehead atoms. The lowest BCUT2D eigenvalue weighted by Gasteiger charge is -2.24. The Morgan fingerprint density at radius 1 is 1.30 bits per heavy atom. The number of hydrogen-bond donors (Lipinski definition) is 2. The van der Waals surface area contributed by atoms with Crippen molar-refractivity contribution >= 4 is 5.91 Å². The number of carbonyl (C=O) groups is 1. The first kappa shape index (κ1) is 16.6. The van der Waals surface area contributed by atoms with Gasteiger partial charge in [0.15, 0.2) is 0 Å². The molecule has 0 aliphatic heterocycles. The van der Waals surface area contributed by atoms with Crippen molar-refractivity contribution in [1.82, 2.24) is 10.2 Å². The second-order valence-corrected chi connectivity index (χ2v) is 4.90. The van der Waals surface area contributed by atoms with Crippen molar-refractivity contribution in [2.24, 2.45) is 0 Å². The van der Waals surface area contributed by atoms with Gasteiger partial charge >= 0.3 is 0 Å². The lowest BCUT2D eigenvalue weighted by atomic mass is 10.0. The highest BCUT2D eigenvalue weighted by molar-refractivity contribution is 5.83. The molecule has 1 aromatic rings. The molecule has 2 N–H and O–H groups in total. The Kier molecular flexibility index (Phi) is 7.22. The molecule has 5 nitrogen and oxygen atoms in total. The highest BCUT2D eigenvalue weighted by Crippen LogP contribution is 2.18. The molecule has 0 spiro atoms. The predicted octanol–water partition coefficient (Wildman–Crippen LogP) is 0.723. The van der Waals surface area contributed by atoms with Crippen LogP contribution in [-0.4, -0.2) is 56.4 Å². The molecule has 0 aliphatic rings. The molecule has 1 amide bonds. The van der Waals surface area contributed by atoms with Crippen LogP contribution in [0.3, 0.4) is 0 Å². The number of hydrogen-bond acceptors (Lipinski definition) is 4. The third-order valence-corrected chi connectivity index (χ3v) is 2.94. The Balaban J connectivity index is 2.57. The van der Waals surface area contributed by atoms with E-state index in [1.807, 2.05) is 50.2 Å². The van der Waals surface area contributed by atoms with E-state index in [9.17, 15) is 4.79 Å². The average Bonchev–Trinajstić information content (AvgIpc) is 2.40. The highest BCUT2D eigenvalue weighted by Gasteiger charge is 2.22. The number of nitrogens with one attached hydrogen (secondary N) is 1. The van der Waals surface area contributed by atoms with Crippen LogP contribution in [0.15, 0.2) is 24.3 Å². The van der Waals surface area contributed by atoms with Crippen molar-refractivity contribution < 1.29 is 14.6 Å². The summed E-state index contributed by atoms with van der Waals surface area (Å²) in [6, 6.07) is 7.64. The van der Waals surface area contributed by atoms with Crippen LogP contribution in [0.4, 0.5) is 0 Å². The van der Waals surface area contributed by atoms with Gasteiger partial charge in [0.05, 0.1) is 19.8 Å². The number of aliphatic hydroxyl groups is 1. The molecule has 1 aromatic carbocycles. The molecule has 1 unspecified atom stereocenters. The minimum Gasteiger partial charge on any atom is -0.394 e. The zero-order valence-electron chi connectivity index (χ0n) is 12.4. The summed E-state index contributed by atoms with van der Waals surface area (Å²) in [6.45, 7) is 3.16. The summed E-state index contributed by atoms with van der Waals surface area (Å²) >= 11 is 0. The number of aliphatic hydroxyl groups excluding tert-OH is 1. The molecule has 0 radical (unpaired) electrons. The molecule has 1 rings (SSSR count). The Labute approximate surface area is 120 Å². The second kappa shape index (κ2) is 8.68. The lowest BCUT2D eigenvalue weighted by Crippen LogP contribution is -2.38. The number of ether oxygens (including phenoxy) is 1. The first-order valence-electron chi connectivity index (χ1n) is 6.75. The van der Waals surface area contributed by atoms with Crippen LogP contribution >= 0.6 is 0 Å². The van der Waals surface area contributed by atoms with Crippen molar-refractivity contribution in [2.75, 3.05) is 40.5 Å². The van der Waals surface area contributed by atoms with Crippen LogP contribution in [0.5, 0.6) is 0 Å². The summed E-state index contributed by atoms with van der Waals surface area (Å²) in [5.74, 6) is -0.0496.